The largest absolute Gasteiger partial charge is 0.0649 e. The van der Waals surface area contributed by atoms with Gasteiger partial charge in [-0.3, -0.25) is 0 Å². The summed E-state index contributed by atoms with van der Waals surface area (Å²) in [5.74, 6) is 1.16. The van der Waals surface area contributed by atoms with Gasteiger partial charge in [0.2, 0.25) is 0 Å². The molecule has 0 aromatic carbocycles. The second-order valence-electron chi connectivity index (χ2n) is 6.66. The number of rotatable bonds is 2. The molecule has 0 heterocycles. The van der Waals surface area contributed by atoms with Gasteiger partial charge in [0.25, 0.3) is 0 Å². The van der Waals surface area contributed by atoms with E-state index in [0.717, 1.165) is 16.7 Å². The van der Waals surface area contributed by atoms with Crippen LogP contribution >= 0.6 is 0 Å². The lowest BCUT2D eigenvalue weighted by molar-refractivity contribution is 0.0646. The fraction of sp³-hybridized carbons (Fsp3) is 1.00. The van der Waals surface area contributed by atoms with Gasteiger partial charge in [-0.15, -0.1) is 0 Å². The molecule has 2 bridgehead atoms. The van der Waals surface area contributed by atoms with Crippen molar-refractivity contribution in [3.63, 3.8) is 0 Å². The van der Waals surface area contributed by atoms with Gasteiger partial charge in [-0.05, 0) is 54.3 Å². The van der Waals surface area contributed by atoms with Crippen molar-refractivity contribution >= 4 is 0 Å². The van der Waals surface area contributed by atoms with E-state index in [1.807, 2.05) is 0 Å². The Morgan fingerprint density at radius 3 is 2.46 bits per heavy atom. The third-order valence-electron chi connectivity index (χ3n) is 6.11. The van der Waals surface area contributed by atoms with Gasteiger partial charge in [0, 0.05) is 0 Å². The zero-order chi connectivity index (χ0) is 9.32. The summed E-state index contributed by atoms with van der Waals surface area (Å²) in [5, 5.41) is 0. The number of hydrogen-bond acceptors (Lipinski definition) is 0. The van der Waals surface area contributed by atoms with Crippen molar-refractivity contribution in [2.24, 2.45) is 22.2 Å². The van der Waals surface area contributed by atoms with E-state index < -0.39 is 0 Å². The van der Waals surface area contributed by atoms with Crippen molar-refractivity contribution in [2.45, 2.75) is 59.3 Å². The minimum atomic E-state index is 0.615. The Morgan fingerprint density at radius 2 is 2.00 bits per heavy atom. The highest BCUT2D eigenvalue weighted by Crippen LogP contribution is 2.81. The van der Waals surface area contributed by atoms with Gasteiger partial charge in [-0.2, -0.15) is 0 Å². The molecule has 74 valence electrons. The molecule has 0 radical (unpaired) electrons. The van der Waals surface area contributed by atoms with Crippen LogP contribution in [0.3, 0.4) is 0 Å². The van der Waals surface area contributed by atoms with Gasteiger partial charge < -0.3 is 0 Å². The van der Waals surface area contributed by atoms with Gasteiger partial charge in [-0.25, -0.2) is 0 Å². The molecule has 1 spiro atoms. The first kappa shape index (κ1) is 8.32. The predicted molar refractivity (Wildman–Crippen MR) is 55.5 cm³/mol. The Labute approximate surface area is 82.1 Å². The number of fused-ring (bicyclic) bond motifs is 1. The first-order valence-corrected chi connectivity index (χ1v) is 6.04. The highest BCUT2D eigenvalue weighted by molar-refractivity contribution is 5.21. The molecule has 3 aliphatic rings. The molecule has 3 rings (SSSR count). The maximum absolute atomic E-state index is 2.51. The maximum Gasteiger partial charge on any atom is -0.0238 e. The lowest BCUT2D eigenvalue weighted by atomic mass is 9.61. The highest BCUT2D eigenvalue weighted by atomic mass is 14.8. The SMILES string of the molecule is CCC(C)(C)C12CCC3(CC3C1)C2. The summed E-state index contributed by atoms with van der Waals surface area (Å²) in [4.78, 5) is 0. The maximum atomic E-state index is 2.51. The van der Waals surface area contributed by atoms with Crippen molar-refractivity contribution in [3.05, 3.63) is 0 Å². The molecule has 0 amide bonds. The van der Waals surface area contributed by atoms with Crippen LogP contribution in [0.2, 0.25) is 0 Å². The summed E-state index contributed by atoms with van der Waals surface area (Å²) in [6.07, 6.45) is 9.25. The van der Waals surface area contributed by atoms with Gasteiger partial charge in [-0.1, -0.05) is 27.2 Å². The molecule has 3 fully saturated rings. The quantitative estimate of drug-likeness (QED) is 0.599. The van der Waals surface area contributed by atoms with E-state index in [1.54, 1.807) is 32.1 Å². The molecule has 3 aliphatic carbocycles. The van der Waals surface area contributed by atoms with Crippen molar-refractivity contribution < 1.29 is 0 Å². The number of hydrogen-bond donors (Lipinski definition) is 0. The molecule has 0 aromatic heterocycles. The smallest absolute Gasteiger partial charge is 0.0238 e. The Balaban J connectivity index is 1.92. The Bertz CT molecular complexity index is 253. The molecule has 13 heavy (non-hydrogen) atoms. The molecule has 0 aliphatic heterocycles. The zero-order valence-corrected chi connectivity index (χ0v) is 9.32. The second kappa shape index (κ2) is 1.99. The summed E-state index contributed by atoms with van der Waals surface area (Å²) >= 11 is 0. The molecule has 0 heteroatoms. The first-order chi connectivity index (χ1) is 6.04. The third kappa shape index (κ3) is 0.789. The first-order valence-electron chi connectivity index (χ1n) is 6.04. The van der Waals surface area contributed by atoms with Gasteiger partial charge >= 0.3 is 0 Å². The summed E-state index contributed by atoms with van der Waals surface area (Å²) < 4.78 is 0. The molecule has 0 saturated heterocycles. The molecule has 3 unspecified atom stereocenters. The third-order valence-corrected chi connectivity index (χ3v) is 6.11. The molecule has 0 nitrogen and oxygen atoms in total. The van der Waals surface area contributed by atoms with Crippen LogP contribution in [-0.2, 0) is 0 Å². The van der Waals surface area contributed by atoms with Crippen LogP contribution < -0.4 is 0 Å². The average Bonchev–Trinajstić information content (AvgIpc) is 2.51. The Hall–Kier alpha value is 0. The van der Waals surface area contributed by atoms with Crippen LogP contribution in [0.4, 0.5) is 0 Å². The van der Waals surface area contributed by atoms with Crippen molar-refractivity contribution in [3.8, 4) is 0 Å². The van der Waals surface area contributed by atoms with E-state index in [9.17, 15) is 0 Å². The van der Waals surface area contributed by atoms with E-state index in [-0.39, 0.29) is 0 Å². The minimum Gasteiger partial charge on any atom is -0.0649 e. The van der Waals surface area contributed by atoms with Gasteiger partial charge in [0.1, 0.15) is 0 Å². The fourth-order valence-electron chi connectivity index (χ4n) is 4.46. The second-order valence-corrected chi connectivity index (χ2v) is 6.66. The van der Waals surface area contributed by atoms with E-state index in [2.05, 4.69) is 20.8 Å². The summed E-state index contributed by atoms with van der Waals surface area (Å²) in [5.41, 5.74) is 2.28. The molecular weight excluding hydrogens is 156 g/mol. The van der Waals surface area contributed by atoms with Crippen LogP contribution in [0, 0.1) is 22.2 Å². The average molecular weight is 178 g/mol. The zero-order valence-electron chi connectivity index (χ0n) is 9.32. The Kier molecular flexibility index (Phi) is 1.27. The Morgan fingerprint density at radius 1 is 1.23 bits per heavy atom. The summed E-state index contributed by atoms with van der Waals surface area (Å²) in [7, 11) is 0. The predicted octanol–water partition coefficient (Wildman–Crippen LogP) is 4.00. The van der Waals surface area contributed by atoms with E-state index in [1.165, 1.54) is 6.42 Å². The van der Waals surface area contributed by atoms with Crippen molar-refractivity contribution in [1.82, 2.24) is 0 Å². The minimum absolute atomic E-state index is 0.615. The van der Waals surface area contributed by atoms with E-state index >= 15 is 0 Å². The lowest BCUT2D eigenvalue weighted by Crippen LogP contribution is -2.34. The standard InChI is InChI=1S/C13H22/c1-4-11(2,3)13-6-5-12(9-13)7-10(12)8-13/h10H,4-9H2,1-3H3. The van der Waals surface area contributed by atoms with Gasteiger partial charge in [0.15, 0.2) is 0 Å². The molecule has 0 aromatic rings. The normalized spacial score (nSPS) is 52.4. The van der Waals surface area contributed by atoms with Crippen molar-refractivity contribution in [1.29, 1.82) is 0 Å². The topological polar surface area (TPSA) is 0 Å². The van der Waals surface area contributed by atoms with Crippen LogP contribution in [0.15, 0.2) is 0 Å². The lowest BCUT2D eigenvalue weighted by Gasteiger charge is -2.43. The van der Waals surface area contributed by atoms with Crippen molar-refractivity contribution in [2.75, 3.05) is 0 Å². The summed E-state index contributed by atoms with van der Waals surface area (Å²) in [6, 6.07) is 0. The van der Waals surface area contributed by atoms with Crippen LogP contribution in [0.25, 0.3) is 0 Å². The fourth-order valence-corrected chi connectivity index (χ4v) is 4.46. The monoisotopic (exact) mass is 178 g/mol. The summed E-state index contributed by atoms with van der Waals surface area (Å²) in [6.45, 7) is 7.40. The molecule has 3 atom stereocenters. The van der Waals surface area contributed by atoms with E-state index in [4.69, 9.17) is 0 Å². The van der Waals surface area contributed by atoms with Crippen LogP contribution in [0.1, 0.15) is 59.3 Å². The van der Waals surface area contributed by atoms with E-state index in [0.29, 0.717) is 5.41 Å². The molecule has 3 saturated carbocycles. The molecular formula is C13H22. The van der Waals surface area contributed by atoms with Crippen LogP contribution in [0.5, 0.6) is 0 Å². The van der Waals surface area contributed by atoms with Gasteiger partial charge in [0.05, 0.1) is 0 Å². The highest BCUT2D eigenvalue weighted by Gasteiger charge is 2.71. The molecule has 0 N–H and O–H groups in total. The van der Waals surface area contributed by atoms with Crippen LogP contribution in [-0.4, -0.2) is 0 Å².